The zero-order valence-electron chi connectivity index (χ0n) is 15.8. The first-order valence-electron chi connectivity index (χ1n) is 9.61. The molecule has 2 heterocycles. The second-order valence-corrected chi connectivity index (χ2v) is 8.57. The minimum Gasteiger partial charge on any atom is -0.395 e. The van der Waals surface area contributed by atoms with Crippen LogP contribution in [0.1, 0.15) is 34.3 Å². The van der Waals surface area contributed by atoms with Crippen LogP contribution in [0.5, 0.6) is 0 Å². The lowest BCUT2D eigenvalue weighted by atomic mass is 9.95. The Morgan fingerprint density at radius 1 is 1.14 bits per heavy atom. The largest absolute Gasteiger partial charge is 0.395 e. The van der Waals surface area contributed by atoms with Crippen molar-refractivity contribution in [3.8, 4) is 0 Å². The molecule has 0 radical (unpaired) electrons. The van der Waals surface area contributed by atoms with E-state index in [1.54, 1.807) is 12.3 Å². The number of rotatable bonds is 5. The number of carbonyl (C=O) groups is 2. The van der Waals surface area contributed by atoms with E-state index in [0.717, 1.165) is 35.2 Å². The summed E-state index contributed by atoms with van der Waals surface area (Å²) in [6.07, 6.45) is 3.83. The van der Waals surface area contributed by atoms with Crippen LogP contribution in [0.3, 0.4) is 0 Å². The number of likely N-dealkylation sites (tertiary alicyclic amines) is 1. The SMILES string of the molecule is O=C1NC(=O)c2ccc(I)cc2/C1=C/Nc1ccc(CN2CCCC2CO)cc1. The van der Waals surface area contributed by atoms with Gasteiger partial charge in [-0.15, -0.1) is 0 Å². The maximum Gasteiger partial charge on any atom is 0.260 e. The fourth-order valence-corrected chi connectivity index (χ4v) is 4.34. The molecular weight excluding hydrogens is 481 g/mol. The van der Waals surface area contributed by atoms with Crippen molar-refractivity contribution in [1.82, 2.24) is 10.2 Å². The Balaban J connectivity index is 1.49. The maximum absolute atomic E-state index is 12.3. The quantitative estimate of drug-likeness (QED) is 0.332. The van der Waals surface area contributed by atoms with Crippen molar-refractivity contribution in [1.29, 1.82) is 0 Å². The van der Waals surface area contributed by atoms with Crippen LogP contribution in [0, 0.1) is 3.57 Å². The normalized spacial score (nSPS) is 20.6. The van der Waals surface area contributed by atoms with Crippen LogP contribution in [0.15, 0.2) is 48.7 Å². The highest BCUT2D eigenvalue weighted by molar-refractivity contribution is 14.1. The summed E-state index contributed by atoms with van der Waals surface area (Å²) in [6.45, 7) is 2.05. The number of fused-ring (bicyclic) bond motifs is 1. The van der Waals surface area contributed by atoms with Gasteiger partial charge in [-0.1, -0.05) is 12.1 Å². The van der Waals surface area contributed by atoms with Gasteiger partial charge in [0.1, 0.15) is 0 Å². The van der Waals surface area contributed by atoms with Gasteiger partial charge in [-0.25, -0.2) is 0 Å². The first-order valence-corrected chi connectivity index (χ1v) is 10.7. The summed E-state index contributed by atoms with van der Waals surface area (Å²) in [5.74, 6) is -0.774. The summed E-state index contributed by atoms with van der Waals surface area (Å²) in [5, 5.41) is 15.0. The van der Waals surface area contributed by atoms with Gasteiger partial charge >= 0.3 is 0 Å². The van der Waals surface area contributed by atoms with Crippen LogP contribution in [-0.2, 0) is 11.3 Å². The van der Waals surface area contributed by atoms with Crippen LogP contribution in [0.25, 0.3) is 5.57 Å². The molecule has 6 nitrogen and oxygen atoms in total. The third-order valence-electron chi connectivity index (χ3n) is 5.42. The number of hydrogen-bond donors (Lipinski definition) is 3. The smallest absolute Gasteiger partial charge is 0.260 e. The molecule has 2 aromatic carbocycles. The zero-order chi connectivity index (χ0) is 20.4. The minimum atomic E-state index is -0.405. The standard InChI is InChI=1S/C22H22IN3O3/c23-15-5-8-18-19(10-15)20(22(29)25-21(18)28)11-24-16-6-3-14(4-7-16)12-26-9-1-2-17(26)13-27/h3-8,10-11,17,24,27H,1-2,9,12-13H2,(H,25,28,29)/b20-11-. The summed E-state index contributed by atoms with van der Waals surface area (Å²) >= 11 is 2.17. The highest BCUT2D eigenvalue weighted by Crippen LogP contribution is 2.26. The first-order chi connectivity index (χ1) is 14.0. The molecule has 150 valence electrons. The van der Waals surface area contributed by atoms with Crippen molar-refractivity contribution in [3.63, 3.8) is 0 Å². The Morgan fingerprint density at radius 2 is 1.93 bits per heavy atom. The number of anilines is 1. The molecule has 0 aliphatic carbocycles. The molecule has 1 atom stereocenters. The van der Waals surface area contributed by atoms with E-state index in [1.807, 2.05) is 24.3 Å². The van der Waals surface area contributed by atoms with Crippen LogP contribution >= 0.6 is 22.6 Å². The lowest BCUT2D eigenvalue weighted by Crippen LogP contribution is -2.36. The molecule has 7 heteroatoms. The zero-order valence-corrected chi connectivity index (χ0v) is 18.0. The van der Waals surface area contributed by atoms with Crippen LogP contribution < -0.4 is 10.6 Å². The number of amides is 2. The lowest BCUT2D eigenvalue weighted by molar-refractivity contribution is -0.114. The van der Waals surface area contributed by atoms with E-state index in [0.29, 0.717) is 16.7 Å². The highest BCUT2D eigenvalue weighted by Gasteiger charge is 2.27. The van der Waals surface area contributed by atoms with Gasteiger partial charge in [0.25, 0.3) is 11.8 Å². The number of aliphatic hydroxyl groups is 1. The van der Waals surface area contributed by atoms with Crippen molar-refractivity contribution in [3.05, 3.63) is 68.9 Å². The topological polar surface area (TPSA) is 81.7 Å². The second-order valence-electron chi connectivity index (χ2n) is 7.32. The summed E-state index contributed by atoms with van der Waals surface area (Å²) in [7, 11) is 0. The second kappa shape index (κ2) is 8.64. The highest BCUT2D eigenvalue weighted by atomic mass is 127. The minimum absolute atomic E-state index is 0.207. The van der Waals surface area contributed by atoms with Crippen molar-refractivity contribution in [2.45, 2.75) is 25.4 Å². The van der Waals surface area contributed by atoms with Crippen molar-refractivity contribution in [2.75, 3.05) is 18.5 Å². The summed E-state index contributed by atoms with van der Waals surface area (Å²) in [6, 6.07) is 13.7. The van der Waals surface area contributed by atoms with Crippen molar-refractivity contribution < 1.29 is 14.7 Å². The Hall–Kier alpha value is -2.23. The number of nitrogens with one attached hydrogen (secondary N) is 2. The molecule has 0 spiro atoms. The molecule has 0 bridgehead atoms. The maximum atomic E-state index is 12.3. The van der Waals surface area contributed by atoms with Gasteiger partial charge in [-0.05, 0) is 77.9 Å². The number of benzene rings is 2. The fourth-order valence-electron chi connectivity index (χ4n) is 3.85. The van der Waals surface area contributed by atoms with E-state index in [2.05, 4.69) is 50.3 Å². The summed E-state index contributed by atoms with van der Waals surface area (Å²) in [4.78, 5) is 26.7. The lowest BCUT2D eigenvalue weighted by Gasteiger charge is -2.22. The molecule has 0 saturated carbocycles. The van der Waals surface area contributed by atoms with Gasteiger partial charge < -0.3 is 10.4 Å². The average molecular weight is 503 g/mol. The molecule has 1 saturated heterocycles. The van der Waals surface area contributed by atoms with E-state index in [-0.39, 0.29) is 18.6 Å². The molecule has 1 unspecified atom stereocenters. The third kappa shape index (κ3) is 4.36. The molecule has 3 N–H and O–H groups in total. The number of hydrogen-bond acceptors (Lipinski definition) is 5. The van der Waals surface area contributed by atoms with E-state index >= 15 is 0 Å². The van der Waals surface area contributed by atoms with Gasteiger partial charge in [-0.3, -0.25) is 19.8 Å². The van der Waals surface area contributed by atoms with Crippen molar-refractivity contribution in [2.24, 2.45) is 0 Å². The monoisotopic (exact) mass is 503 g/mol. The molecule has 0 aromatic heterocycles. The number of halogens is 1. The molecule has 4 rings (SSSR count). The Morgan fingerprint density at radius 3 is 2.69 bits per heavy atom. The molecule has 2 amide bonds. The van der Waals surface area contributed by atoms with Crippen molar-refractivity contribution >= 4 is 45.7 Å². The molecular formula is C22H22IN3O3. The average Bonchev–Trinajstić information content (AvgIpc) is 3.16. The predicted molar refractivity (Wildman–Crippen MR) is 120 cm³/mol. The molecule has 2 aliphatic rings. The number of nitrogens with zero attached hydrogens (tertiary/aromatic N) is 1. The number of carbonyl (C=O) groups excluding carboxylic acids is 2. The third-order valence-corrected chi connectivity index (χ3v) is 6.09. The first kappa shape index (κ1) is 20.1. The fraction of sp³-hybridized carbons (Fsp3) is 0.273. The van der Waals surface area contributed by atoms with Gasteiger partial charge in [-0.2, -0.15) is 0 Å². The van der Waals surface area contributed by atoms with Gasteiger partial charge in [0.15, 0.2) is 0 Å². The van der Waals surface area contributed by atoms with Gasteiger partial charge in [0.05, 0.1) is 12.2 Å². The number of aliphatic hydroxyl groups excluding tert-OH is 1. The Labute approximate surface area is 183 Å². The van der Waals surface area contributed by atoms with Crippen LogP contribution in [0.2, 0.25) is 0 Å². The molecule has 2 aliphatic heterocycles. The van der Waals surface area contributed by atoms with Gasteiger partial charge in [0, 0.05) is 39.2 Å². The predicted octanol–water partition coefficient (Wildman–Crippen LogP) is 2.97. The van der Waals surface area contributed by atoms with E-state index in [9.17, 15) is 14.7 Å². The molecule has 2 aromatic rings. The van der Waals surface area contributed by atoms with E-state index in [4.69, 9.17) is 0 Å². The van der Waals surface area contributed by atoms with Crippen LogP contribution in [0.4, 0.5) is 5.69 Å². The summed E-state index contributed by atoms with van der Waals surface area (Å²) < 4.78 is 0.960. The summed E-state index contributed by atoms with van der Waals surface area (Å²) in [5.41, 5.74) is 3.61. The molecule has 29 heavy (non-hydrogen) atoms. The van der Waals surface area contributed by atoms with E-state index < -0.39 is 5.91 Å². The Kier molecular flexibility index (Phi) is 5.98. The Bertz CT molecular complexity index is 972. The van der Waals surface area contributed by atoms with E-state index in [1.165, 1.54) is 5.56 Å². The number of imide groups is 1. The molecule has 1 fully saturated rings. The van der Waals surface area contributed by atoms with Crippen LogP contribution in [-0.4, -0.2) is 41.0 Å². The van der Waals surface area contributed by atoms with Gasteiger partial charge in [0.2, 0.25) is 0 Å².